The van der Waals surface area contributed by atoms with Crippen molar-refractivity contribution in [2.45, 2.75) is 6.42 Å². The molecular formula is C9H12N2S2. The zero-order valence-electron chi connectivity index (χ0n) is 7.49. The highest BCUT2D eigenvalue weighted by Gasteiger charge is 1.94. The first-order valence-corrected chi connectivity index (χ1v) is 5.68. The maximum Gasteiger partial charge on any atom is 0.133 e. The molecule has 0 amide bonds. The number of hydrogen-bond donors (Lipinski definition) is 1. The minimum absolute atomic E-state index is 0.843. The predicted molar refractivity (Wildman–Crippen MR) is 62.1 cm³/mol. The lowest BCUT2D eigenvalue weighted by Gasteiger charge is -2.03. The zero-order chi connectivity index (χ0) is 9.52. The third-order valence-corrected chi connectivity index (χ3v) is 2.72. The molecule has 0 aliphatic heterocycles. The number of nitrogens with one attached hydrogen (secondary N) is 1. The smallest absolute Gasteiger partial charge is 0.133 e. The molecule has 1 N–H and O–H groups in total. The van der Waals surface area contributed by atoms with E-state index in [0.29, 0.717) is 0 Å². The van der Waals surface area contributed by atoms with E-state index < -0.39 is 0 Å². The van der Waals surface area contributed by atoms with Crippen molar-refractivity contribution in [3.05, 3.63) is 30.1 Å². The maximum atomic E-state index is 5.00. The van der Waals surface area contributed by atoms with Gasteiger partial charge in [0, 0.05) is 24.9 Å². The fourth-order valence-electron chi connectivity index (χ4n) is 0.911. The molecule has 1 heterocycles. The average molecular weight is 212 g/mol. The maximum absolute atomic E-state index is 5.00. The number of pyridine rings is 1. The highest BCUT2D eigenvalue weighted by atomic mass is 32.2. The van der Waals surface area contributed by atoms with Gasteiger partial charge in [-0.25, -0.2) is 0 Å². The van der Waals surface area contributed by atoms with E-state index in [4.69, 9.17) is 12.2 Å². The van der Waals surface area contributed by atoms with Crippen LogP contribution in [0.2, 0.25) is 0 Å². The van der Waals surface area contributed by atoms with Crippen molar-refractivity contribution in [3.8, 4) is 0 Å². The van der Waals surface area contributed by atoms with Crippen LogP contribution in [-0.4, -0.2) is 22.1 Å². The summed E-state index contributed by atoms with van der Waals surface area (Å²) < 4.78 is 0.843. The molecule has 0 bridgehead atoms. The van der Waals surface area contributed by atoms with E-state index in [1.807, 2.05) is 30.7 Å². The molecule has 0 atom stereocenters. The largest absolute Gasteiger partial charge is 0.371 e. The van der Waals surface area contributed by atoms with Crippen LogP contribution < -0.4 is 5.32 Å². The Bertz CT molecular complexity index is 262. The van der Waals surface area contributed by atoms with Crippen molar-refractivity contribution in [1.82, 2.24) is 10.3 Å². The summed E-state index contributed by atoms with van der Waals surface area (Å²) in [5, 5.41) is 3.14. The molecule has 1 aromatic heterocycles. The van der Waals surface area contributed by atoms with Crippen LogP contribution in [0.15, 0.2) is 24.4 Å². The summed E-state index contributed by atoms with van der Waals surface area (Å²) in [4.78, 5) is 4.21. The highest BCUT2D eigenvalue weighted by molar-refractivity contribution is 8.22. The summed E-state index contributed by atoms with van der Waals surface area (Å²) in [5.74, 6) is 0. The Hall–Kier alpha value is -0.610. The van der Waals surface area contributed by atoms with E-state index in [0.717, 1.165) is 23.0 Å². The van der Waals surface area contributed by atoms with Gasteiger partial charge in [0.25, 0.3) is 0 Å². The lowest BCUT2D eigenvalue weighted by molar-refractivity contribution is 0.855. The molecule has 13 heavy (non-hydrogen) atoms. The van der Waals surface area contributed by atoms with Crippen LogP contribution in [0.5, 0.6) is 0 Å². The second-order valence-corrected chi connectivity index (χ2v) is 3.97. The van der Waals surface area contributed by atoms with Crippen LogP contribution in [0.4, 0.5) is 0 Å². The van der Waals surface area contributed by atoms with E-state index in [-0.39, 0.29) is 0 Å². The van der Waals surface area contributed by atoms with Crippen molar-refractivity contribution >= 4 is 28.3 Å². The molecule has 0 spiro atoms. The van der Waals surface area contributed by atoms with Gasteiger partial charge in [-0.1, -0.05) is 18.3 Å². The Balaban J connectivity index is 2.24. The minimum Gasteiger partial charge on any atom is -0.371 e. The van der Waals surface area contributed by atoms with Crippen molar-refractivity contribution in [1.29, 1.82) is 0 Å². The van der Waals surface area contributed by atoms with Crippen molar-refractivity contribution in [2.75, 3.05) is 12.8 Å². The average Bonchev–Trinajstić information content (AvgIpc) is 2.19. The summed E-state index contributed by atoms with van der Waals surface area (Å²) in [7, 11) is 0. The summed E-state index contributed by atoms with van der Waals surface area (Å²) >= 11 is 6.56. The van der Waals surface area contributed by atoms with Crippen molar-refractivity contribution < 1.29 is 0 Å². The first-order valence-electron chi connectivity index (χ1n) is 4.04. The molecule has 0 unspecified atom stereocenters. The number of hydrogen-bond acceptors (Lipinski definition) is 3. The van der Waals surface area contributed by atoms with Gasteiger partial charge in [-0.05, 0) is 18.4 Å². The van der Waals surface area contributed by atoms with Gasteiger partial charge in [-0.3, -0.25) is 4.98 Å². The Kier molecular flexibility index (Phi) is 4.78. The van der Waals surface area contributed by atoms with Crippen LogP contribution in [-0.2, 0) is 6.42 Å². The SMILES string of the molecule is CSC(=S)NCCc1ccccn1. The molecule has 70 valence electrons. The fraction of sp³-hybridized carbons (Fsp3) is 0.333. The molecule has 0 aliphatic rings. The second-order valence-electron chi connectivity index (χ2n) is 2.49. The van der Waals surface area contributed by atoms with Crippen molar-refractivity contribution in [3.63, 3.8) is 0 Å². The topological polar surface area (TPSA) is 24.9 Å². The number of rotatable bonds is 3. The lowest BCUT2D eigenvalue weighted by Crippen LogP contribution is -2.21. The molecule has 1 rings (SSSR count). The summed E-state index contributed by atoms with van der Waals surface area (Å²) in [5.41, 5.74) is 1.10. The molecule has 0 aromatic carbocycles. The Morgan fingerprint density at radius 1 is 1.62 bits per heavy atom. The van der Waals surface area contributed by atoms with Crippen LogP contribution >= 0.6 is 24.0 Å². The Morgan fingerprint density at radius 2 is 2.46 bits per heavy atom. The molecule has 0 aliphatic carbocycles. The highest BCUT2D eigenvalue weighted by Crippen LogP contribution is 1.96. The molecule has 0 saturated carbocycles. The van der Waals surface area contributed by atoms with Crippen LogP contribution in [0.25, 0.3) is 0 Å². The van der Waals surface area contributed by atoms with Gasteiger partial charge in [0.15, 0.2) is 0 Å². The number of aromatic nitrogens is 1. The van der Waals surface area contributed by atoms with E-state index in [1.165, 1.54) is 0 Å². The first-order chi connectivity index (χ1) is 6.33. The van der Waals surface area contributed by atoms with Gasteiger partial charge < -0.3 is 5.32 Å². The lowest BCUT2D eigenvalue weighted by atomic mass is 10.3. The van der Waals surface area contributed by atoms with E-state index >= 15 is 0 Å². The second kappa shape index (κ2) is 5.94. The molecule has 1 aromatic rings. The summed E-state index contributed by atoms with van der Waals surface area (Å²) in [6.07, 6.45) is 4.69. The normalized spacial score (nSPS) is 9.62. The molecule has 2 nitrogen and oxygen atoms in total. The van der Waals surface area contributed by atoms with Crippen LogP contribution in [0.3, 0.4) is 0 Å². The van der Waals surface area contributed by atoms with E-state index in [1.54, 1.807) is 11.8 Å². The van der Waals surface area contributed by atoms with Gasteiger partial charge in [-0.15, -0.1) is 11.8 Å². The number of nitrogens with zero attached hydrogens (tertiary/aromatic N) is 1. The monoisotopic (exact) mass is 212 g/mol. The third-order valence-electron chi connectivity index (χ3n) is 1.56. The van der Waals surface area contributed by atoms with Gasteiger partial charge in [-0.2, -0.15) is 0 Å². The standard InChI is InChI=1S/C9H12N2S2/c1-13-9(12)11-7-5-8-4-2-3-6-10-8/h2-4,6H,5,7H2,1H3,(H,11,12). The Morgan fingerprint density at radius 3 is 3.08 bits per heavy atom. The minimum atomic E-state index is 0.843. The van der Waals surface area contributed by atoms with Gasteiger partial charge in [0.05, 0.1) is 0 Å². The molecule has 0 saturated heterocycles. The predicted octanol–water partition coefficient (Wildman–Crippen LogP) is 1.86. The molecule has 0 radical (unpaired) electrons. The number of thioether (sulfide) groups is 1. The van der Waals surface area contributed by atoms with Crippen LogP contribution in [0, 0.1) is 0 Å². The van der Waals surface area contributed by atoms with Crippen molar-refractivity contribution in [2.24, 2.45) is 0 Å². The summed E-state index contributed by atoms with van der Waals surface area (Å²) in [6.45, 7) is 0.858. The first kappa shape index (κ1) is 10.5. The zero-order valence-corrected chi connectivity index (χ0v) is 9.12. The van der Waals surface area contributed by atoms with Gasteiger partial charge in [0.1, 0.15) is 4.32 Å². The molecular weight excluding hydrogens is 200 g/mol. The van der Waals surface area contributed by atoms with Crippen LogP contribution in [0.1, 0.15) is 5.69 Å². The molecule has 0 fully saturated rings. The fourth-order valence-corrected chi connectivity index (χ4v) is 1.26. The van der Waals surface area contributed by atoms with Gasteiger partial charge >= 0.3 is 0 Å². The van der Waals surface area contributed by atoms with Gasteiger partial charge in [0.2, 0.25) is 0 Å². The number of thiocarbonyl (C=S) groups is 1. The quantitative estimate of drug-likeness (QED) is 0.773. The third kappa shape index (κ3) is 4.24. The summed E-state index contributed by atoms with van der Waals surface area (Å²) in [6, 6.07) is 5.93. The molecule has 4 heteroatoms. The van der Waals surface area contributed by atoms with E-state index in [2.05, 4.69) is 10.3 Å². The van der Waals surface area contributed by atoms with E-state index in [9.17, 15) is 0 Å². The Labute approximate surface area is 88.1 Å².